The van der Waals surface area contributed by atoms with Crippen LogP contribution in [0.3, 0.4) is 0 Å². The molecule has 1 atom stereocenters. The second-order valence-corrected chi connectivity index (χ2v) is 11.0. The summed E-state index contributed by atoms with van der Waals surface area (Å²) >= 11 is 6.04. The van der Waals surface area contributed by atoms with Gasteiger partial charge in [-0.05, 0) is 104 Å². The van der Waals surface area contributed by atoms with Crippen LogP contribution in [0.5, 0.6) is 0 Å². The Morgan fingerprint density at radius 1 is 0.838 bits per heavy atom. The number of carbonyl (C=O) groups is 1. The van der Waals surface area contributed by atoms with Gasteiger partial charge in [-0.2, -0.15) is 0 Å². The first-order chi connectivity index (χ1) is 18.1. The monoisotopic (exact) mass is 512 g/mol. The summed E-state index contributed by atoms with van der Waals surface area (Å²) in [6.07, 6.45) is 11.4. The molecule has 37 heavy (non-hydrogen) atoms. The van der Waals surface area contributed by atoms with Crippen molar-refractivity contribution < 1.29 is 4.79 Å². The average Bonchev–Trinajstić information content (AvgIpc) is 3.46. The van der Waals surface area contributed by atoms with Gasteiger partial charge in [-0.25, -0.2) is 0 Å². The molecule has 0 N–H and O–H groups in total. The van der Waals surface area contributed by atoms with Gasteiger partial charge in [0.25, 0.3) is 5.91 Å². The first-order valence-electron chi connectivity index (χ1n) is 13.7. The smallest absolute Gasteiger partial charge is 0.253 e. The fourth-order valence-corrected chi connectivity index (χ4v) is 5.64. The molecular weight excluding hydrogens is 476 g/mol. The number of hydrogen-bond acceptors (Lipinski definition) is 2. The topological polar surface area (TPSA) is 23.6 Å². The number of nitrogens with zero attached hydrogens (tertiary/aromatic N) is 2. The normalized spacial score (nSPS) is 17.7. The van der Waals surface area contributed by atoms with Crippen molar-refractivity contribution in [3.63, 3.8) is 0 Å². The van der Waals surface area contributed by atoms with Crippen molar-refractivity contribution in [2.24, 2.45) is 5.92 Å². The first kappa shape index (κ1) is 25.8. The zero-order valence-electron chi connectivity index (χ0n) is 21.6. The Labute approximate surface area is 226 Å². The summed E-state index contributed by atoms with van der Waals surface area (Å²) in [4.78, 5) is 18.3. The van der Waals surface area contributed by atoms with Crippen LogP contribution in [0.15, 0.2) is 84.9 Å². The average molecular weight is 513 g/mol. The number of carbonyl (C=O) groups excluding carboxylic acids is 1. The van der Waals surface area contributed by atoms with E-state index in [9.17, 15) is 4.79 Å². The van der Waals surface area contributed by atoms with Crippen molar-refractivity contribution in [1.82, 2.24) is 9.80 Å². The van der Waals surface area contributed by atoms with Crippen LogP contribution >= 0.6 is 11.6 Å². The molecule has 0 spiro atoms. The molecule has 1 unspecified atom stereocenters. The van der Waals surface area contributed by atoms with Crippen LogP contribution in [-0.4, -0.2) is 41.9 Å². The molecular formula is C33H37ClN2O. The Kier molecular flexibility index (Phi) is 8.76. The third kappa shape index (κ3) is 7.12. The van der Waals surface area contributed by atoms with E-state index < -0.39 is 0 Å². The highest BCUT2D eigenvalue weighted by atomic mass is 35.5. The minimum Gasteiger partial charge on any atom is -0.338 e. The van der Waals surface area contributed by atoms with E-state index in [0.29, 0.717) is 5.92 Å². The van der Waals surface area contributed by atoms with Gasteiger partial charge in [-0.1, -0.05) is 72.3 Å². The zero-order valence-corrected chi connectivity index (χ0v) is 22.4. The Morgan fingerprint density at radius 2 is 1.49 bits per heavy atom. The molecule has 5 rings (SSSR count). The molecule has 0 radical (unpaired) electrons. The molecule has 1 aliphatic carbocycles. The van der Waals surface area contributed by atoms with Crippen LogP contribution < -0.4 is 0 Å². The van der Waals surface area contributed by atoms with Crippen molar-refractivity contribution in [3.8, 4) is 11.1 Å². The van der Waals surface area contributed by atoms with E-state index in [0.717, 1.165) is 67.0 Å². The lowest BCUT2D eigenvalue weighted by Gasteiger charge is -2.29. The van der Waals surface area contributed by atoms with Crippen LogP contribution in [0, 0.1) is 5.92 Å². The van der Waals surface area contributed by atoms with Crippen molar-refractivity contribution in [3.05, 3.63) is 107 Å². The highest BCUT2D eigenvalue weighted by molar-refractivity contribution is 6.30. The van der Waals surface area contributed by atoms with E-state index in [2.05, 4.69) is 46.2 Å². The molecule has 2 aliphatic rings. The molecule has 192 valence electrons. The number of allylic oxidation sites excluding steroid dienone is 2. The van der Waals surface area contributed by atoms with Gasteiger partial charge in [0, 0.05) is 30.2 Å². The summed E-state index contributed by atoms with van der Waals surface area (Å²) in [5, 5.41) is 0.727. The molecule has 1 heterocycles. The maximum Gasteiger partial charge on any atom is 0.253 e. The number of hydrogen-bond donors (Lipinski definition) is 0. The molecule has 0 saturated carbocycles. The predicted octanol–water partition coefficient (Wildman–Crippen LogP) is 7.64. The number of amides is 1. The van der Waals surface area contributed by atoms with Crippen molar-refractivity contribution in [2.75, 3.05) is 26.2 Å². The minimum atomic E-state index is 0.128. The first-order valence-corrected chi connectivity index (χ1v) is 14.1. The predicted molar refractivity (Wildman–Crippen MR) is 154 cm³/mol. The van der Waals surface area contributed by atoms with Gasteiger partial charge in [0.15, 0.2) is 0 Å². The Bertz CT molecular complexity index is 1180. The molecule has 3 aromatic rings. The highest BCUT2D eigenvalue weighted by Crippen LogP contribution is 2.24. The van der Waals surface area contributed by atoms with Gasteiger partial charge in [0.1, 0.15) is 0 Å². The van der Waals surface area contributed by atoms with E-state index in [1.54, 1.807) is 0 Å². The lowest BCUT2D eigenvalue weighted by atomic mass is 9.93. The van der Waals surface area contributed by atoms with E-state index in [4.69, 9.17) is 11.6 Å². The third-order valence-electron chi connectivity index (χ3n) is 7.75. The van der Waals surface area contributed by atoms with Crippen LogP contribution in [0.1, 0.15) is 53.6 Å². The second-order valence-electron chi connectivity index (χ2n) is 10.5. The SMILES string of the molecule is O=C(c1ccc(-c2ccc(Cl)cc2)cc1)N(CCc1ccc(CN2CCCC2)cc1)CC1CC=CCC1. The Morgan fingerprint density at radius 3 is 2.14 bits per heavy atom. The number of benzene rings is 3. The van der Waals surface area contributed by atoms with Crippen molar-refractivity contribution in [1.29, 1.82) is 0 Å². The molecule has 3 nitrogen and oxygen atoms in total. The molecule has 1 aliphatic heterocycles. The van der Waals surface area contributed by atoms with E-state index >= 15 is 0 Å². The Balaban J connectivity index is 1.25. The molecule has 3 aromatic carbocycles. The standard InChI is InChI=1S/C33H37ClN2O/c34-32-18-16-30(17-19-32)29-12-14-31(15-13-29)33(37)36(25-27-6-2-1-3-7-27)23-20-26-8-10-28(11-9-26)24-35-21-4-5-22-35/h1-2,8-19,27H,3-7,20-25H2. The van der Waals surface area contributed by atoms with Gasteiger partial charge in [-0.15, -0.1) is 0 Å². The fraction of sp³-hybridized carbons (Fsp3) is 0.364. The summed E-state index contributed by atoms with van der Waals surface area (Å²) in [5.41, 5.74) is 5.62. The summed E-state index contributed by atoms with van der Waals surface area (Å²) in [7, 11) is 0. The fourth-order valence-electron chi connectivity index (χ4n) is 5.51. The van der Waals surface area contributed by atoms with E-state index in [-0.39, 0.29) is 5.91 Å². The van der Waals surface area contributed by atoms with Gasteiger partial charge in [0.2, 0.25) is 0 Å². The summed E-state index contributed by atoms with van der Waals surface area (Å²) in [6, 6.07) is 24.9. The molecule has 1 saturated heterocycles. The molecule has 0 aromatic heterocycles. The van der Waals surface area contributed by atoms with Gasteiger partial charge in [0.05, 0.1) is 0 Å². The van der Waals surface area contributed by atoms with E-state index in [1.165, 1.54) is 37.1 Å². The minimum absolute atomic E-state index is 0.128. The largest absolute Gasteiger partial charge is 0.338 e. The number of likely N-dealkylation sites (tertiary alicyclic amines) is 1. The van der Waals surface area contributed by atoms with Crippen LogP contribution in [0.2, 0.25) is 5.02 Å². The second kappa shape index (κ2) is 12.6. The highest BCUT2D eigenvalue weighted by Gasteiger charge is 2.21. The quantitative estimate of drug-likeness (QED) is 0.275. The van der Waals surface area contributed by atoms with Crippen LogP contribution in [-0.2, 0) is 13.0 Å². The van der Waals surface area contributed by atoms with Crippen molar-refractivity contribution in [2.45, 2.75) is 45.1 Å². The zero-order chi connectivity index (χ0) is 25.5. The van der Waals surface area contributed by atoms with Crippen LogP contribution in [0.25, 0.3) is 11.1 Å². The molecule has 1 amide bonds. The van der Waals surface area contributed by atoms with Crippen molar-refractivity contribution >= 4 is 17.5 Å². The van der Waals surface area contributed by atoms with Gasteiger partial charge < -0.3 is 4.90 Å². The molecule has 4 heteroatoms. The summed E-state index contributed by atoms with van der Waals surface area (Å²) in [6.45, 7) is 5.04. The van der Waals surface area contributed by atoms with E-state index in [1.807, 2.05) is 48.5 Å². The van der Waals surface area contributed by atoms with Crippen LogP contribution in [0.4, 0.5) is 0 Å². The third-order valence-corrected chi connectivity index (χ3v) is 8.00. The summed E-state index contributed by atoms with van der Waals surface area (Å²) in [5.74, 6) is 0.660. The Hall–Kier alpha value is -2.88. The lowest BCUT2D eigenvalue weighted by molar-refractivity contribution is 0.0726. The van der Waals surface area contributed by atoms with Gasteiger partial charge in [-0.3, -0.25) is 9.69 Å². The maximum atomic E-state index is 13.7. The number of rotatable bonds is 9. The lowest BCUT2D eigenvalue weighted by Crippen LogP contribution is -2.37. The maximum absolute atomic E-state index is 13.7. The molecule has 0 bridgehead atoms. The molecule has 1 fully saturated rings. The van der Waals surface area contributed by atoms with Gasteiger partial charge >= 0.3 is 0 Å². The number of halogens is 1. The summed E-state index contributed by atoms with van der Waals surface area (Å²) < 4.78 is 0.